The summed E-state index contributed by atoms with van der Waals surface area (Å²) in [6.07, 6.45) is 0.284. The molecule has 3 N–H and O–H groups in total. The number of carbonyl (C=O) groups is 2. The number of hydrogen-bond donors (Lipinski definition) is 3. The molecule has 126 valence electrons. The molecule has 7 nitrogen and oxygen atoms in total. The van der Waals surface area contributed by atoms with E-state index in [1.54, 1.807) is 19.1 Å². The van der Waals surface area contributed by atoms with Gasteiger partial charge in [-0.15, -0.1) is 0 Å². The fourth-order valence-electron chi connectivity index (χ4n) is 2.16. The highest BCUT2D eigenvalue weighted by atomic mass is 35.5. The average Bonchev–Trinajstić information content (AvgIpc) is 2.51. The van der Waals surface area contributed by atoms with Crippen LogP contribution in [0.5, 0.6) is 5.75 Å². The number of carboxylic acids is 1. The van der Waals surface area contributed by atoms with Crippen LogP contribution in [-0.2, 0) is 11.2 Å². The highest BCUT2D eigenvalue weighted by molar-refractivity contribution is 6.31. The van der Waals surface area contributed by atoms with Crippen molar-refractivity contribution in [2.45, 2.75) is 20.3 Å². The zero-order valence-corrected chi connectivity index (χ0v) is 13.9. The maximum absolute atomic E-state index is 12.0. The monoisotopic (exact) mass is 349 g/mol. The first-order valence-electron chi connectivity index (χ1n) is 7.09. The van der Waals surface area contributed by atoms with Crippen LogP contribution in [0.2, 0.25) is 5.02 Å². The number of aromatic hydroxyl groups is 1. The zero-order valence-electron chi connectivity index (χ0n) is 13.1. The van der Waals surface area contributed by atoms with Gasteiger partial charge in [-0.3, -0.25) is 9.59 Å². The number of carboxylic acid groups (broad SMARTS) is 1. The third kappa shape index (κ3) is 4.20. The molecule has 0 fully saturated rings. The van der Waals surface area contributed by atoms with Gasteiger partial charge >= 0.3 is 5.97 Å². The molecule has 2 rings (SSSR count). The minimum atomic E-state index is -1.19. The first-order valence-corrected chi connectivity index (χ1v) is 7.47. The van der Waals surface area contributed by atoms with Gasteiger partial charge in [-0.05, 0) is 31.0 Å². The summed E-state index contributed by atoms with van der Waals surface area (Å²) in [5.41, 5.74) is 1.79. The second-order valence-corrected chi connectivity index (χ2v) is 5.66. The van der Waals surface area contributed by atoms with Crippen LogP contribution in [0.3, 0.4) is 0 Å². The van der Waals surface area contributed by atoms with Crippen LogP contribution in [0.4, 0.5) is 0 Å². The number of aromatic nitrogens is 2. The van der Waals surface area contributed by atoms with Gasteiger partial charge in [-0.25, -0.2) is 9.97 Å². The number of halogens is 1. The van der Waals surface area contributed by atoms with Crippen LogP contribution < -0.4 is 5.32 Å². The molecule has 0 saturated heterocycles. The Labute approximate surface area is 143 Å². The number of carbonyl (C=O) groups excluding carboxylic acids is 1. The number of rotatable bonds is 5. The van der Waals surface area contributed by atoms with E-state index in [0.717, 1.165) is 11.1 Å². The van der Waals surface area contributed by atoms with Crippen LogP contribution in [0.15, 0.2) is 18.2 Å². The summed E-state index contributed by atoms with van der Waals surface area (Å²) in [5.74, 6) is -2.02. The van der Waals surface area contributed by atoms with E-state index >= 15 is 0 Å². The van der Waals surface area contributed by atoms with E-state index in [1.165, 1.54) is 0 Å². The topological polar surface area (TPSA) is 112 Å². The molecule has 24 heavy (non-hydrogen) atoms. The second kappa shape index (κ2) is 7.27. The molecule has 0 saturated carbocycles. The van der Waals surface area contributed by atoms with Crippen molar-refractivity contribution >= 4 is 23.5 Å². The highest BCUT2D eigenvalue weighted by Crippen LogP contribution is 2.24. The van der Waals surface area contributed by atoms with Crippen molar-refractivity contribution in [2.75, 3.05) is 6.54 Å². The molecule has 0 aliphatic carbocycles. The molecule has 0 unspecified atom stereocenters. The molecule has 8 heteroatoms. The number of amides is 1. The fourth-order valence-corrected chi connectivity index (χ4v) is 2.27. The number of hydrogen-bond acceptors (Lipinski definition) is 5. The predicted molar refractivity (Wildman–Crippen MR) is 87.4 cm³/mol. The summed E-state index contributed by atoms with van der Waals surface area (Å²) >= 11 is 5.99. The number of nitrogens with zero attached hydrogens (tertiary/aromatic N) is 2. The van der Waals surface area contributed by atoms with Crippen LogP contribution in [0.25, 0.3) is 0 Å². The van der Waals surface area contributed by atoms with Crippen molar-refractivity contribution in [3.8, 4) is 5.75 Å². The molecular formula is C16H16ClN3O4. The van der Waals surface area contributed by atoms with Crippen molar-refractivity contribution in [2.24, 2.45) is 0 Å². The lowest BCUT2D eigenvalue weighted by Gasteiger charge is -2.10. The Kier molecular flexibility index (Phi) is 5.35. The molecule has 0 spiro atoms. The molecule has 0 aliphatic rings. The fraction of sp³-hybridized carbons (Fsp3) is 0.250. The average molecular weight is 350 g/mol. The Morgan fingerprint density at radius 1 is 1.25 bits per heavy atom. The van der Waals surface area contributed by atoms with Crippen LogP contribution >= 0.6 is 11.6 Å². The van der Waals surface area contributed by atoms with Crippen molar-refractivity contribution in [3.63, 3.8) is 0 Å². The first kappa shape index (κ1) is 17.7. The third-order valence-electron chi connectivity index (χ3n) is 3.28. The molecule has 1 aromatic carbocycles. The summed E-state index contributed by atoms with van der Waals surface area (Å²) in [6.45, 7) is 2.89. The Balaban J connectivity index is 2.32. The van der Waals surface area contributed by atoms with Gasteiger partial charge in [0.15, 0.2) is 11.4 Å². The highest BCUT2D eigenvalue weighted by Gasteiger charge is 2.19. The van der Waals surface area contributed by atoms with E-state index in [1.807, 2.05) is 13.0 Å². The van der Waals surface area contributed by atoms with E-state index in [2.05, 4.69) is 15.3 Å². The predicted octanol–water partition coefficient (Wildman–Crippen LogP) is 1.86. The number of benzene rings is 1. The van der Waals surface area contributed by atoms with Crippen molar-refractivity contribution in [1.29, 1.82) is 0 Å². The molecule has 1 amide bonds. The second-order valence-electron chi connectivity index (χ2n) is 5.25. The van der Waals surface area contributed by atoms with Gasteiger partial charge in [0.05, 0.1) is 5.69 Å². The van der Waals surface area contributed by atoms with Gasteiger partial charge in [0.1, 0.15) is 12.4 Å². The largest absolute Gasteiger partial charge is 0.504 e. The van der Waals surface area contributed by atoms with Gasteiger partial charge in [-0.2, -0.15) is 0 Å². The maximum Gasteiger partial charge on any atom is 0.322 e. The molecule has 1 aromatic heterocycles. The first-order chi connectivity index (χ1) is 11.3. The molecule has 0 aliphatic heterocycles. The van der Waals surface area contributed by atoms with Crippen LogP contribution in [0.1, 0.15) is 33.1 Å². The minimum absolute atomic E-state index is 0.246. The Morgan fingerprint density at radius 2 is 1.96 bits per heavy atom. The van der Waals surface area contributed by atoms with Crippen molar-refractivity contribution in [3.05, 3.63) is 51.6 Å². The summed E-state index contributed by atoms with van der Waals surface area (Å²) in [4.78, 5) is 30.6. The lowest BCUT2D eigenvalue weighted by atomic mass is 10.1. The molecule has 0 bridgehead atoms. The number of aryl methyl sites for hydroxylation is 2. The zero-order chi connectivity index (χ0) is 17.9. The summed E-state index contributed by atoms with van der Waals surface area (Å²) in [6, 6.07) is 5.41. The molecule has 0 radical (unpaired) electrons. The van der Waals surface area contributed by atoms with Gasteiger partial charge in [-0.1, -0.05) is 23.7 Å². The van der Waals surface area contributed by atoms with Crippen LogP contribution in [0, 0.1) is 13.8 Å². The van der Waals surface area contributed by atoms with E-state index in [0.29, 0.717) is 10.8 Å². The van der Waals surface area contributed by atoms with Gasteiger partial charge in [0.25, 0.3) is 5.91 Å². The van der Waals surface area contributed by atoms with E-state index in [9.17, 15) is 14.7 Å². The quantitative estimate of drug-likeness (QED) is 0.759. The molecule has 1 heterocycles. The minimum Gasteiger partial charge on any atom is -0.504 e. The Hall–Kier alpha value is -2.67. The third-order valence-corrected chi connectivity index (χ3v) is 3.70. The van der Waals surface area contributed by atoms with E-state index in [-0.39, 0.29) is 23.6 Å². The van der Waals surface area contributed by atoms with Gasteiger partial charge in [0.2, 0.25) is 0 Å². The Morgan fingerprint density at radius 3 is 2.58 bits per heavy atom. The number of nitrogens with one attached hydrogen (secondary N) is 1. The van der Waals surface area contributed by atoms with Crippen molar-refractivity contribution in [1.82, 2.24) is 15.3 Å². The van der Waals surface area contributed by atoms with Crippen LogP contribution in [-0.4, -0.2) is 38.6 Å². The lowest BCUT2D eigenvalue weighted by molar-refractivity contribution is -0.135. The van der Waals surface area contributed by atoms with E-state index < -0.39 is 18.4 Å². The lowest BCUT2D eigenvalue weighted by Crippen LogP contribution is -2.30. The SMILES string of the molecule is Cc1nc(Cc2ccc(Cl)c(C)c2)c(O)c(C(=O)NCC(=O)O)n1. The molecule has 2 aromatic rings. The van der Waals surface area contributed by atoms with Gasteiger partial charge < -0.3 is 15.5 Å². The standard InChI is InChI=1S/C16H16ClN3O4/c1-8-5-10(3-4-11(8)17)6-12-15(23)14(20-9(2)19-12)16(24)18-7-13(21)22/h3-5,23H,6-7H2,1-2H3,(H,18,24)(H,21,22). The summed E-state index contributed by atoms with van der Waals surface area (Å²) < 4.78 is 0. The summed E-state index contributed by atoms with van der Waals surface area (Å²) in [7, 11) is 0. The van der Waals surface area contributed by atoms with Crippen molar-refractivity contribution < 1.29 is 19.8 Å². The van der Waals surface area contributed by atoms with E-state index in [4.69, 9.17) is 16.7 Å². The molecular weight excluding hydrogens is 334 g/mol. The Bertz CT molecular complexity index is 808. The van der Waals surface area contributed by atoms with Gasteiger partial charge in [0, 0.05) is 11.4 Å². The number of aliphatic carboxylic acids is 1. The molecule has 0 atom stereocenters. The normalized spacial score (nSPS) is 10.5. The maximum atomic E-state index is 12.0. The smallest absolute Gasteiger partial charge is 0.322 e. The summed E-state index contributed by atoms with van der Waals surface area (Å²) in [5, 5.41) is 21.7.